The van der Waals surface area contributed by atoms with Crippen LogP contribution >= 0.6 is 12.4 Å². The fourth-order valence-electron chi connectivity index (χ4n) is 2.29. The highest BCUT2D eigenvalue weighted by Gasteiger charge is 2.18. The van der Waals surface area contributed by atoms with E-state index in [0.717, 1.165) is 31.5 Å². The summed E-state index contributed by atoms with van der Waals surface area (Å²) in [5.41, 5.74) is 7.02. The van der Waals surface area contributed by atoms with Gasteiger partial charge in [-0.05, 0) is 24.9 Å². The van der Waals surface area contributed by atoms with Crippen LogP contribution in [0.1, 0.15) is 18.4 Å². The first-order chi connectivity index (χ1) is 8.74. The number of benzene rings is 1. The van der Waals surface area contributed by atoms with Gasteiger partial charge in [-0.25, -0.2) is 0 Å². The summed E-state index contributed by atoms with van der Waals surface area (Å²) in [6.07, 6.45) is 2.16. The number of carbonyl (C=O) groups is 1. The first-order valence-corrected chi connectivity index (χ1v) is 6.52. The van der Waals surface area contributed by atoms with Crippen LogP contribution < -0.4 is 11.1 Å². The van der Waals surface area contributed by atoms with Gasteiger partial charge >= 0.3 is 0 Å². The van der Waals surface area contributed by atoms with Crippen LogP contribution in [0, 0.1) is 0 Å². The number of carbonyl (C=O) groups excluding carboxylic acids is 1. The standard InChI is InChI=1S/C14H21N3O.ClH/c15-13-7-4-8-17(10-13)11-14(18)16-9-12-5-2-1-3-6-12;/h1-3,5-6,13H,4,7-11,15H2,(H,16,18);1H. The number of likely N-dealkylation sites (tertiary alicyclic amines) is 1. The van der Waals surface area contributed by atoms with Gasteiger partial charge in [0, 0.05) is 19.1 Å². The largest absolute Gasteiger partial charge is 0.351 e. The molecule has 0 aromatic heterocycles. The second-order valence-corrected chi connectivity index (χ2v) is 4.90. The molecule has 0 radical (unpaired) electrons. The maximum absolute atomic E-state index is 11.8. The average Bonchev–Trinajstić information content (AvgIpc) is 2.38. The molecule has 1 heterocycles. The highest BCUT2D eigenvalue weighted by atomic mass is 35.5. The molecule has 0 bridgehead atoms. The van der Waals surface area contributed by atoms with Crippen molar-refractivity contribution in [1.82, 2.24) is 10.2 Å². The van der Waals surface area contributed by atoms with Crippen LogP contribution in [0.3, 0.4) is 0 Å². The third-order valence-electron chi connectivity index (χ3n) is 3.24. The van der Waals surface area contributed by atoms with E-state index < -0.39 is 0 Å². The minimum absolute atomic E-state index is 0. The molecule has 5 heteroatoms. The fraction of sp³-hybridized carbons (Fsp3) is 0.500. The number of hydrogen-bond donors (Lipinski definition) is 2. The second kappa shape index (κ2) is 8.15. The van der Waals surface area contributed by atoms with E-state index in [4.69, 9.17) is 5.73 Å². The molecule has 19 heavy (non-hydrogen) atoms. The van der Waals surface area contributed by atoms with Crippen LogP contribution in [0.25, 0.3) is 0 Å². The number of nitrogens with one attached hydrogen (secondary N) is 1. The Morgan fingerprint density at radius 1 is 1.37 bits per heavy atom. The normalized spacial score (nSPS) is 19.5. The van der Waals surface area contributed by atoms with E-state index in [1.165, 1.54) is 0 Å². The topological polar surface area (TPSA) is 58.4 Å². The van der Waals surface area contributed by atoms with Gasteiger partial charge < -0.3 is 11.1 Å². The number of hydrogen-bond acceptors (Lipinski definition) is 3. The van der Waals surface area contributed by atoms with Gasteiger partial charge in [0.05, 0.1) is 6.54 Å². The molecule has 2 rings (SSSR count). The number of nitrogens with two attached hydrogens (primary N) is 1. The van der Waals surface area contributed by atoms with Crippen LogP contribution in [0.15, 0.2) is 30.3 Å². The van der Waals surface area contributed by atoms with E-state index in [0.29, 0.717) is 13.1 Å². The maximum atomic E-state index is 11.8. The molecule has 1 aromatic carbocycles. The molecule has 106 valence electrons. The van der Waals surface area contributed by atoms with Crippen LogP contribution in [-0.2, 0) is 11.3 Å². The molecular weight excluding hydrogens is 262 g/mol. The quantitative estimate of drug-likeness (QED) is 0.871. The average molecular weight is 284 g/mol. The lowest BCUT2D eigenvalue weighted by Gasteiger charge is -2.29. The Morgan fingerprint density at radius 2 is 2.11 bits per heavy atom. The van der Waals surface area contributed by atoms with Crippen molar-refractivity contribution >= 4 is 18.3 Å². The van der Waals surface area contributed by atoms with Crippen LogP contribution in [-0.4, -0.2) is 36.5 Å². The van der Waals surface area contributed by atoms with Gasteiger partial charge in [-0.3, -0.25) is 9.69 Å². The summed E-state index contributed by atoms with van der Waals surface area (Å²) in [6, 6.07) is 10.2. The molecule has 1 fully saturated rings. The molecule has 1 aromatic rings. The molecule has 1 unspecified atom stereocenters. The van der Waals surface area contributed by atoms with Crippen molar-refractivity contribution < 1.29 is 4.79 Å². The van der Waals surface area contributed by atoms with Crippen molar-refractivity contribution in [2.75, 3.05) is 19.6 Å². The minimum Gasteiger partial charge on any atom is -0.351 e. The molecule has 1 amide bonds. The Hall–Kier alpha value is -1.10. The zero-order valence-electron chi connectivity index (χ0n) is 11.0. The van der Waals surface area contributed by atoms with Crippen molar-refractivity contribution in [2.45, 2.75) is 25.4 Å². The van der Waals surface area contributed by atoms with Crippen molar-refractivity contribution in [1.29, 1.82) is 0 Å². The Kier molecular flexibility index (Phi) is 6.84. The zero-order chi connectivity index (χ0) is 12.8. The summed E-state index contributed by atoms with van der Waals surface area (Å²) < 4.78 is 0. The van der Waals surface area contributed by atoms with E-state index in [1.807, 2.05) is 30.3 Å². The SMILES string of the molecule is Cl.NC1CCCN(CC(=O)NCc2ccccc2)C1. The monoisotopic (exact) mass is 283 g/mol. The molecule has 1 saturated heterocycles. The highest BCUT2D eigenvalue weighted by molar-refractivity contribution is 5.85. The Labute approximate surface area is 120 Å². The summed E-state index contributed by atoms with van der Waals surface area (Å²) in [5, 5.41) is 2.94. The molecule has 1 aliphatic rings. The zero-order valence-corrected chi connectivity index (χ0v) is 11.9. The second-order valence-electron chi connectivity index (χ2n) is 4.90. The third kappa shape index (κ3) is 5.59. The molecular formula is C14H22ClN3O. The lowest BCUT2D eigenvalue weighted by atomic mass is 10.1. The third-order valence-corrected chi connectivity index (χ3v) is 3.24. The van der Waals surface area contributed by atoms with E-state index >= 15 is 0 Å². The number of halogens is 1. The number of amides is 1. The van der Waals surface area contributed by atoms with E-state index in [9.17, 15) is 4.79 Å². The van der Waals surface area contributed by atoms with E-state index in [-0.39, 0.29) is 24.4 Å². The predicted octanol–water partition coefficient (Wildman–Crippen LogP) is 1.15. The summed E-state index contributed by atoms with van der Waals surface area (Å²) >= 11 is 0. The summed E-state index contributed by atoms with van der Waals surface area (Å²) in [7, 11) is 0. The van der Waals surface area contributed by atoms with Crippen LogP contribution in [0.5, 0.6) is 0 Å². The van der Waals surface area contributed by atoms with Gasteiger partial charge in [0.2, 0.25) is 5.91 Å². The van der Waals surface area contributed by atoms with Gasteiger partial charge in [0.1, 0.15) is 0 Å². The summed E-state index contributed by atoms with van der Waals surface area (Å²) in [5.74, 6) is 0.0768. The first-order valence-electron chi connectivity index (χ1n) is 6.52. The van der Waals surface area contributed by atoms with Crippen molar-refractivity contribution in [3.05, 3.63) is 35.9 Å². The summed E-state index contributed by atoms with van der Waals surface area (Å²) in [4.78, 5) is 13.9. The van der Waals surface area contributed by atoms with E-state index in [1.54, 1.807) is 0 Å². The number of rotatable bonds is 4. The van der Waals surface area contributed by atoms with Gasteiger partial charge in [-0.1, -0.05) is 30.3 Å². The number of nitrogens with zero attached hydrogens (tertiary/aromatic N) is 1. The van der Waals surface area contributed by atoms with Crippen molar-refractivity contribution in [2.24, 2.45) is 5.73 Å². The van der Waals surface area contributed by atoms with Crippen LogP contribution in [0.4, 0.5) is 0 Å². The Morgan fingerprint density at radius 3 is 2.79 bits per heavy atom. The maximum Gasteiger partial charge on any atom is 0.234 e. The van der Waals surface area contributed by atoms with Crippen molar-refractivity contribution in [3.8, 4) is 0 Å². The first kappa shape index (κ1) is 16.0. The minimum atomic E-state index is 0. The van der Waals surface area contributed by atoms with Gasteiger partial charge in [0.15, 0.2) is 0 Å². The molecule has 0 spiro atoms. The smallest absolute Gasteiger partial charge is 0.234 e. The van der Waals surface area contributed by atoms with Crippen molar-refractivity contribution in [3.63, 3.8) is 0 Å². The van der Waals surface area contributed by atoms with Crippen LogP contribution in [0.2, 0.25) is 0 Å². The molecule has 1 aliphatic heterocycles. The van der Waals surface area contributed by atoms with Gasteiger partial charge in [-0.15, -0.1) is 12.4 Å². The molecule has 0 aliphatic carbocycles. The molecule has 1 atom stereocenters. The Bertz CT molecular complexity index is 386. The number of piperidine rings is 1. The molecule has 0 saturated carbocycles. The predicted molar refractivity (Wildman–Crippen MR) is 79.2 cm³/mol. The van der Waals surface area contributed by atoms with Gasteiger partial charge in [-0.2, -0.15) is 0 Å². The van der Waals surface area contributed by atoms with E-state index in [2.05, 4.69) is 10.2 Å². The molecule has 4 nitrogen and oxygen atoms in total. The lowest BCUT2D eigenvalue weighted by Crippen LogP contribution is -2.46. The highest BCUT2D eigenvalue weighted by Crippen LogP contribution is 2.07. The summed E-state index contributed by atoms with van der Waals surface area (Å²) in [6.45, 7) is 2.87. The lowest BCUT2D eigenvalue weighted by molar-refractivity contribution is -0.122. The van der Waals surface area contributed by atoms with Gasteiger partial charge in [0.25, 0.3) is 0 Å². The molecule has 3 N–H and O–H groups in total. The fourth-order valence-corrected chi connectivity index (χ4v) is 2.29. The Balaban J connectivity index is 0.00000180.